The summed E-state index contributed by atoms with van der Waals surface area (Å²) in [6.45, 7) is 0. The van der Waals surface area contributed by atoms with E-state index in [2.05, 4.69) is 9.47 Å². The lowest BCUT2D eigenvalue weighted by Gasteiger charge is -1.99. The molecule has 0 amide bonds. The van der Waals surface area contributed by atoms with Crippen molar-refractivity contribution in [3.05, 3.63) is 41.5 Å². The highest BCUT2D eigenvalue weighted by Gasteiger charge is 2.04. The molecule has 0 aliphatic carbocycles. The lowest BCUT2D eigenvalue weighted by atomic mass is 10.1. The van der Waals surface area contributed by atoms with Crippen LogP contribution in [-0.2, 0) is 14.3 Å². The van der Waals surface area contributed by atoms with Crippen molar-refractivity contribution in [3.63, 3.8) is 0 Å². The standard InChI is InChI=1S/C12H12O4/c1-15-11(13)7-6-9-4-3-5-10(8-9)12(14)16-2/h3-8H,1-2H3/b7-6-. The lowest BCUT2D eigenvalue weighted by molar-refractivity contribution is -0.134. The molecule has 0 unspecified atom stereocenters. The van der Waals surface area contributed by atoms with Crippen molar-refractivity contribution < 1.29 is 19.1 Å². The van der Waals surface area contributed by atoms with Crippen molar-refractivity contribution in [2.75, 3.05) is 14.2 Å². The van der Waals surface area contributed by atoms with Gasteiger partial charge in [-0.25, -0.2) is 9.59 Å². The normalized spacial score (nSPS) is 10.1. The van der Waals surface area contributed by atoms with E-state index in [0.717, 1.165) is 5.56 Å². The van der Waals surface area contributed by atoms with E-state index in [9.17, 15) is 9.59 Å². The predicted octanol–water partition coefficient (Wildman–Crippen LogP) is 1.66. The zero-order valence-electron chi connectivity index (χ0n) is 9.10. The minimum Gasteiger partial charge on any atom is -0.466 e. The molecule has 0 fully saturated rings. The summed E-state index contributed by atoms with van der Waals surface area (Å²) in [5.41, 5.74) is 1.17. The number of hydrogen-bond donors (Lipinski definition) is 0. The fourth-order valence-electron chi connectivity index (χ4n) is 1.12. The van der Waals surface area contributed by atoms with E-state index in [1.807, 2.05) is 0 Å². The zero-order valence-corrected chi connectivity index (χ0v) is 9.10. The Morgan fingerprint density at radius 2 is 1.94 bits per heavy atom. The van der Waals surface area contributed by atoms with E-state index in [1.165, 1.54) is 20.3 Å². The van der Waals surface area contributed by atoms with Gasteiger partial charge in [0.2, 0.25) is 0 Å². The zero-order chi connectivity index (χ0) is 12.0. The van der Waals surface area contributed by atoms with Crippen LogP contribution < -0.4 is 0 Å². The van der Waals surface area contributed by atoms with Crippen LogP contribution in [0.1, 0.15) is 15.9 Å². The van der Waals surface area contributed by atoms with Crippen LogP contribution in [-0.4, -0.2) is 26.2 Å². The molecular formula is C12H12O4. The van der Waals surface area contributed by atoms with Crippen molar-refractivity contribution in [1.82, 2.24) is 0 Å². The number of methoxy groups -OCH3 is 2. The third-order valence-electron chi connectivity index (χ3n) is 1.92. The molecule has 16 heavy (non-hydrogen) atoms. The van der Waals surface area contributed by atoms with Gasteiger partial charge in [0.1, 0.15) is 0 Å². The third-order valence-corrected chi connectivity index (χ3v) is 1.92. The van der Waals surface area contributed by atoms with Gasteiger partial charge in [0.15, 0.2) is 0 Å². The Labute approximate surface area is 93.5 Å². The first-order valence-electron chi connectivity index (χ1n) is 4.62. The molecule has 0 radical (unpaired) electrons. The van der Waals surface area contributed by atoms with Gasteiger partial charge in [-0.3, -0.25) is 0 Å². The van der Waals surface area contributed by atoms with Crippen LogP contribution >= 0.6 is 0 Å². The van der Waals surface area contributed by atoms with E-state index in [-0.39, 0.29) is 0 Å². The van der Waals surface area contributed by atoms with Gasteiger partial charge in [0.05, 0.1) is 19.8 Å². The molecule has 0 N–H and O–H groups in total. The quantitative estimate of drug-likeness (QED) is 0.574. The van der Waals surface area contributed by atoms with Crippen molar-refractivity contribution in [3.8, 4) is 0 Å². The first kappa shape index (κ1) is 12.0. The van der Waals surface area contributed by atoms with Gasteiger partial charge < -0.3 is 9.47 Å². The molecular weight excluding hydrogens is 208 g/mol. The Bertz CT molecular complexity index is 421. The third kappa shape index (κ3) is 3.24. The molecule has 84 valence electrons. The number of esters is 2. The predicted molar refractivity (Wildman–Crippen MR) is 58.8 cm³/mol. The first-order valence-corrected chi connectivity index (χ1v) is 4.62. The largest absolute Gasteiger partial charge is 0.466 e. The second-order valence-corrected chi connectivity index (χ2v) is 2.97. The molecule has 1 aromatic rings. The number of benzene rings is 1. The number of carbonyl (C=O) groups is 2. The van der Waals surface area contributed by atoms with E-state index < -0.39 is 11.9 Å². The van der Waals surface area contributed by atoms with Crippen LogP contribution in [0.3, 0.4) is 0 Å². The van der Waals surface area contributed by atoms with E-state index in [0.29, 0.717) is 5.56 Å². The molecule has 1 aromatic carbocycles. The molecule has 0 aliphatic rings. The lowest BCUT2D eigenvalue weighted by Crippen LogP contribution is -2.00. The number of carbonyl (C=O) groups excluding carboxylic acids is 2. The summed E-state index contributed by atoms with van der Waals surface area (Å²) in [4.78, 5) is 22.1. The smallest absolute Gasteiger partial charge is 0.337 e. The Morgan fingerprint density at radius 1 is 1.19 bits per heavy atom. The summed E-state index contributed by atoms with van der Waals surface area (Å²) in [6.07, 6.45) is 2.86. The van der Waals surface area contributed by atoms with Crippen molar-refractivity contribution in [2.24, 2.45) is 0 Å². The highest BCUT2D eigenvalue weighted by Crippen LogP contribution is 2.08. The molecule has 0 atom stereocenters. The van der Waals surface area contributed by atoms with Crippen LogP contribution in [0.4, 0.5) is 0 Å². The van der Waals surface area contributed by atoms with E-state index >= 15 is 0 Å². The summed E-state index contributed by atoms with van der Waals surface area (Å²) in [5, 5.41) is 0. The van der Waals surface area contributed by atoms with Crippen LogP contribution in [0.15, 0.2) is 30.3 Å². The molecule has 0 heterocycles. The minimum atomic E-state index is -0.441. The fourth-order valence-corrected chi connectivity index (χ4v) is 1.12. The monoisotopic (exact) mass is 220 g/mol. The highest BCUT2D eigenvalue weighted by atomic mass is 16.5. The summed E-state index contributed by atoms with van der Waals surface area (Å²) in [5.74, 6) is -0.850. The van der Waals surface area contributed by atoms with Crippen LogP contribution in [0, 0.1) is 0 Å². The SMILES string of the molecule is COC(=O)/C=C\c1cccc(C(=O)OC)c1. The Balaban J connectivity index is 2.86. The van der Waals surface area contributed by atoms with Crippen molar-refractivity contribution in [1.29, 1.82) is 0 Å². The summed E-state index contributed by atoms with van der Waals surface area (Å²) in [6, 6.07) is 6.75. The average molecular weight is 220 g/mol. The molecule has 4 nitrogen and oxygen atoms in total. The maximum atomic E-state index is 11.2. The molecule has 0 saturated carbocycles. The second kappa shape index (κ2) is 5.70. The Hall–Kier alpha value is -2.10. The topological polar surface area (TPSA) is 52.6 Å². The fraction of sp³-hybridized carbons (Fsp3) is 0.167. The molecule has 0 aromatic heterocycles. The molecule has 0 spiro atoms. The Kier molecular flexibility index (Phi) is 4.27. The minimum absolute atomic E-state index is 0.409. The molecule has 0 aliphatic heterocycles. The van der Waals surface area contributed by atoms with Gasteiger partial charge in [-0.05, 0) is 23.8 Å². The van der Waals surface area contributed by atoms with Crippen LogP contribution in [0.25, 0.3) is 6.08 Å². The maximum Gasteiger partial charge on any atom is 0.337 e. The highest BCUT2D eigenvalue weighted by molar-refractivity contribution is 5.91. The van der Waals surface area contributed by atoms with E-state index in [4.69, 9.17) is 0 Å². The Morgan fingerprint density at radius 3 is 2.56 bits per heavy atom. The van der Waals surface area contributed by atoms with Gasteiger partial charge in [0.25, 0.3) is 0 Å². The van der Waals surface area contributed by atoms with E-state index in [1.54, 1.807) is 30.3 Å². The number of ether oxygens (including phenoxy) is 2. The van der Waals surface area contributed by atoms with Gasteiger partial charge in [0, 0.05) is 6.08 Å². The summed E-state index contributed by atoms with van der Waals surface area (Å²) in [7, 11) is 2.62. The molecule has 1 rings (SSSR count). The summed E-state index contributed by atoms with van der Waals surface area (Å²) < 4.78 is 9.04. The number of hydrogen-bond acceptors (Lipinski definition) is 4. The maximum absolute atomic E-state index is 11.2. The first-order chi connectivity index (χ1) is 7.67. The number of rotatable bonds is 3. The van der Waals surface area contributed by atoms with Crippen molar-refractivity contribution in [2.45, 2.75) is 0 Å². The molecule has 0 bridgehead atoms. The second-order valence-electron chi connectivity index (χ2n) is 2.97. The van der Waals surface area contributed by atoms with Gasteiger partial charge in [-0.1, -0.05) is 12.1 Å². The van der Waals surface area contributed by atoms with Gasteiger partial charge in [-0.2, -0.15) is 0 Å². The van der Waals surface area contributed by atoms with Crippen LogP contribution in [0.5, 0.6) is 0 Å². The molecule has 4 heteroatoms. The van der Waals surface area contributed by atoms with Gasteiger partial charge >= 0.3 is 11.9 Å². The van der Waals surface area contributed by atoms with Crippen molar-refractivity contribution >= 4 is 18.0 Å². The van der Waals surface area contributed by atoms with Crippen LogP contribution in [0.2, 0.25) is 0 Å². The molecule has 0 saturated heterocycles. The average Bonchev–Trinajstić information content (AvgIpc) is 2.35. The summed E-state index contributed by atoms with van der Waals surface area (Å²) >= 11 is 0. The van der Waals surface area contributed by atoms with Gasteiger partial charge in [-0.15, -0.1) is 0 Å².